The number of rotatable bonds is 9. The number of carbonyl (C=O) groups is 2. The lowest BCUT2D eigenvalue weighted by molar-refractivity contribution is -0.120. The van der Waals surface area contributed by atoms with Crippen molar-refractivity contribution in [2.75, 3.05) is 18.4 Å². The normalized spacial score (nSPS) is 11.0. The smallest absolute Gasteiger partial charge is 0.241 e. The highest BCUT2D eigenvalue weighted by molar-refractivity contribution is 7.89. The van der Waals surface area contributed by atoms with E-state index in [4.69, 9.17) is 0 Å². The SMILES string of the molecule is CCCCCNC(=O)CNS(=O)(=O)c1ccc(NC(C)=O)cc1. The summed E-state index contributed by atoms with van der Waals surface area (Å²) in [5.74, 6) is -0.599. The zero-order chi connectivity index (χ0) is 17.3. The lowest BCUT2D eigenvalue weighted by atomic mass is 10.2. The summed E-state index contributed by atoms with van der Waals surface area (Å²) >= 11 is 0. The van der Waals surface area contributed by atoms with Crippen LogP contribution in [0.15, 0.2) is 29.2 Å². The van der Waals surface area contributed by atoms with E-state index in [1.807, 2.05) is 0 Å². The fourth-order valence-corrected chi connectivity index (χ4v) is 2.81. The lowest BCUT2D eigenvalue weighted by Gasteiger charge is -2.08. The van der Waals surface area contributed by atoms with E-state index in [9.17, 15) is 18.0 Å². The Bertz CT molecular complexity index is 627. The molecule has 1 aromatic rings. The summed E-state index contributed by atoms with van der Waals surface area (Å²) in [7, 11) is -3.76. The number of nitrogens with one attached hydrogen (secondary N) is 3. The van der Waals surface area contributed by atoms with E-state index in [1.165, 1.54) is 31.2 Å². The summed E-state index contributed by atoms with van der Waals surface area (Å²) in [6.45, 7) is 3.67. The molecule has 0 bridgehead atoms. The summed E-state index contributed by atoms with van der Waals surface area (Å²) in [5.41, 5.74) is 0.505. The minimum absolute atomic E-state index is 0.0328. The van der Waals surface area contributed by atoms with Crippen molar-refractivity contribution in [2.24, 2.45) is 0 Å². The van der Waals surface area contributed by atoms with Gasteiger partial charge in [0.1, 0.15) is 0 Å². The van der Waals surface area contributed by atoms with Gasteiger partial charge in [-0.25, -0.2) is 13.1 Å². The standard InChI is InChI=1S/C15H23N3O4S/c1-3-4-5-10-16-15(20)11-17-23(21,22)14-8-6-13(7-9-14)18-12(2)19/h6-9,17H,3-5,10-11H2,1-2H3,(H,16,20)(H,18,19). The summed E-state index contributed by atoms with van der Waals surface area (Å²) < 4.78 is 26.4. The second kappa shape index (κ2) is 9.26. The van der Waals surface area contributed by atoms with Crippen molar-refractivity contribution in [3.05, 3.63) is 24.3 Å². The molecule has 0 atom stereocenters. The van der Waals surface area contributed by atoms with Crippen molar-refractivity contribution >= 4 is 27.5 Å². The summed E-state index contributed by atoms with van der Waals surface area (Å²) in [6, 6.07) is 5.71. The lowest BCUT2D eigenvalue weighted by Crippen LogP contribution is -2.37. The molecule has 0 unspecified atom stereocenters. The van der Waals surface area contributed by atoms with Crippen LogP contribution in [0.3, 0.4) is 0 Å². The van der Waals surface area contributed by atoms with Gasteiger partial charge >= 0.3 is 0 Å². The molecule has 7 nitrogen and oxygen atoms in total. The molecular formula is C15H23N3O4S. The van der Waals surface area contributed by atoms with Crippen molar-refractivity contribution in [3.63, 3.8) is 0 Å². The van der Waals surface area contributed by atoms with Crippen LogP contribution in [-0.4, -0.2) is 33.3 Å². The fraction of sp³-hybridized carbons (Fsp3) is 0.467. The van der Waals surface area contributed by atoms with Crippen LogP contribution in [0.5, 0.6) is 0 Å². The van der Waals surface area contributed by atoms with Crippen LogP contribution in [0, 0.1) is 0 Å². The molecule has 3 N–H and O–H groups in total. The molecule has 1 rings (SSSR count). The maximum atomic E-state index is 12.1. The second-order valence-corrected chi connectivity index (χ2v) is 6.85. The Labute approximate surface area is 136 Å². The van der Waals surface area contributed by atoms with E-state index in [0.717, 1.165) is 19.3 Å². The zero-order valence-corrected chi connectivity index (χ0v) is 14.2. The Kier molecular flexibility index (Phi) is 7.70. The molecule has 128 valence electrons. The molecule has 1 aromatic carbocycles. The summed E-state index contributed by atoms with van der Waals surface area (Å²) in [4.78, 5) is 22.5. The highest BCUT2D eigenvalue weighted by Crippen LogP contribution is 2.13. The second-order valence-electron chi connectivity index (χ2n) is 5.09. The van der Waals surface area contributed by atoms with Gasteiger partial charge in [-0.2, -0.15) is 0 Å². The Morgan fingerprint density at radius 3 is 2.30 bits per heavy atom. The van der Waals surface area contributed by atoms with Crippen LogP contribution >= 0.6 is 0 Å². The van der Waals surface area contributed by atoms with Crippen molar-refractivity contribution in [1.29, 1.82) is 0 Å². The monoisotopic (exact) mass is 341 g/mol. The van der Waals surface area contributed by atoms with Crippen molar-refractivity contribution in [1.82, 2.24) is 10.0 Å². The summed E-state index contributed by atoms with van der Waals surface area (Å²) in [6.07, 6.45) is 2.95. The quantitative estimate of drug-likeness (QED) is 0.588. The molecule has 0 aliphatic heterocycles. The molecule has 0 aromatic heterocycles. The van der Waals surface area contributed by atoms with Gasteiger partial charge in [-0.3, -0.25) is 9.59 Å². The van der Waals surface area contributed by atoms with Crippen LogP contribution in [0.2, 0.25) is 0 Å². The van der Waals surface area contributed by atoms with Crippen molar-refractivity contribution in [3.8, 4) is 0 Å². The molecule has 0 saturated heterocycles. The number of carbonyl (C=O) groups excluding carboxylic acids is 2. The van der Waals surface area contributed by atoms with E-state index in [-0.39, 0.29) is 23.3 Å². The van der Waals surface area contributed by atoms with E-state index < -0.39 is 10.0 Å². The minimum atomic E-state index is -3.76. The van der Waals surface area contributed by atoms with Gasteiger partial charge in [0, 0.05) is 19.2 Å². The largest absolute Gasteiger partial charge is 0.355 e. The van der Waals surface area contributed by atoms with Crippen LogP contribution < -0.4 is 15.4 Å². The predicted molar refractivity (Wildman–Crippen MR) is 88.5 cm³/mol. The van der Waals surface area contributed by atoms with Gasteiger partial charge in [-0.15, -0.1) is 0 Å². The molecule has 23 heavy (non-hydrogen) atoms. The number of amides is 2. The zero-order valence-electron chi connectivity index (χ0n) is 13.4. The van der Waals surface area contributed by atoms with Gasteiger partial charge in [0.2, 0.25) is 21.8 Å². The van der Waals surface area contributed by atoms with E-state index >= 15 is 0 Å². The van der Waals surface area contributed by atoms with Crippen LogP contribution in [0.25, 0.3) is 0 Å². The summed E-state index contributed by atoms with van der Waals surface area (Å²) in [5, 5.41) is 5.21. The third-order valence-electron chi connectivity index (χ3n) is 3.01. The number of anilines is 1. The Morgan fingerprint density at radius 2 is 1.74 bits per heavy atom. The van der Waals surface area contributed by atoms with Gasteiger partial charge in [-0.1, -0.05) is 19.8 Å². The Hall–Kier alpha value is -1.93. The molecule has 0 saturated carbocycles. The molecular weight excluding hydrogens is 318 g/mol. The van der Waals surface area contributed by atoms with Gasteiger partial charge in [0.15, 0.2) is 0 Å². The average Bonchev–Trinajstić information content (AvgIpc) is 2.50. The van der Waals surface area contributed by atoms with Crippen LogP contribution in [0.1, 0.15) is 33.1 Å². The van der Waals surface area contributed by atoms with Crippen molar-refractivity contribution in [2.45, 2.75) is 38.0 Å². The number of hydrogen-bond donors (Lipinski definition) is 3. The first kappa shape index (κ1) is 19.1. The van der Waals surface area contributed by atoms with Gasteiger partial charge in [0.05, 0.1) is 11.4 Å². The number of sulfonamides is 1. The first-order chi connectivity index (χ1) is 10.8. The number of benzene rings is 1. The molecule has 0 spiro atoms. The number of unbranched alkanes of at least 4 members (excludes halogenated alkanes) is 2. The molecule has 0 aliphatic rings. The molecule has 0 radical (unpaired) electrons. The van der Waals surface area contributed by atoms with E-state index in [0.29, 0.717) is 12.2 Å². The maximum absolute atomic E-state index is 12.1. The highest BCUT2D eigenvalue weighted by Gasteiger charge is 2.15. The third-order valence-corrected chi connectivity index (χ3v) is 4.43. The average molecular weight is 341 g/mol. The molecule has 0 aliphatic carbocycles. The molecule has 2 amide bonds. The molecule has 8 heteroatoms. The first-order valence-corrected chi connectivity index (χ1v) is 8.97. The maximum Gasteiger partial charge on any atom is 0.241 e. The van der Waals surface area contributed by atoms with Crippen molar-refractivity contribution < 1.29 is 18.0 Å². The Balaban J connectivity index is 2.52. The van der Waals surface area contributed by atoms with Crippen LogP contribution in [0.4, 0.5) is 5.69 Å². The first-order valence-electron chi connectivity index (χ1n) is 7.49. The van der Waals surface area contributed by atoms with E-state index in [1.54, 1.807) is 0 Å². The van der Waals surface area contributed by atoms with Gasteiger partial charge in [-0.05, 0) is 30.7 Å². The Morgan fingerprint density at radius 1 is 1.09 bits per heavy atom. The van der Waals surface area contributed by atoms with Gasteiger partial charge < -0.3 is 10.6 Å². The third kappa shape index (κ3) is 7.25. The molecule has 0 fully saturated rings. The highest BCUT2D eigenvalue weighted by atomic mass is 32.2. The van der Waals surface area contributed by atoms with E-state index in [2.05, 4.69) is 22.3 Å². The topological polar surface area (TPSA) is 104 Å². The minimum Gasteiger partial charge on any atom is -0.355 e. The predicted octanol–water partition coefficient (Wildman–Crippen LogP) is 1.23. The van der Waals surface area contributed by atoms with Gasteiger partial charge in [0.25, 0.3) is 0 Å². The fourth-order valence-electron chi connectivity index (χ4n) is 1.83. The molecule has 0 heterocycles. The number of hydrogen-bond acceptors (Lipinski definition) is 4. The van der Waals surface area contributed by atoms with Crippen LogP contribution in [-0.2, 0) is 19.6 Å².